The van der Waals surface area contributed by atoms with Gasteiger partial charge < -0.3 is 13.9 Å². The van der Waals surface area contributed by atoms with E-state index in [0.717, 1.165) is 18.0 Å². The molecule has 124 valence electrons. The van der Waals surface area contributed by atoms with Gasteiger partial charge in [-0.15, -0.1) is 10.2 Å². The second kappa shape index (κ2) is 6.78. The van der Waals surface area contributed by atoms with Gasteiger partial charge in [0.05, 0.1) is 12.0 Å². The number of hydrogen-bond acceptors (Lipinski definition) is 5. The second-order valence-corrected chi connectivity index (χ2v) is 7.00. The molecule has 0 spiro atoms. The van der Waals surface area contributed by atoms with Crippen LogP contribution in [0.1, 0.15) is 33.1 Å². The van der Waals surface area contributed by atoms with Crippen LogP contribution in [0.3, 0.4) is 0 Å². The number of likely N-dealkylation sites (tertiary alicyclic amines) is 1. The van der Waals surface area contributed by atoms with Crippen LogP contribution >= 0.6 is 11.8 Å². The van der Waals surface area contributed by atoms with Gasteiger partial charge in [0.25, 0.3) is 0 Å². The summed E-state index contributed by atoms with van der Waals surface area (Å²) >= 11 is 1.43. The molecule has 1 aliphatic rings. The second-order valence-electron chi connectivity index (χ2n) is 6.06. The topological polar surface area (TPSA) is 64.2 Å². The van der Waals surface area contributed by atoms with Crippen molar-refractivity contribution in [3.63, 3.8) is 0 Å². The van der Waals surface area contributed by atoms with Crippen molar-refractivity contribution in [2.45, 2.75) is 50.4 Å². The Morgan fingerprint density at radius 3 is 2.74 bits per heavy atom. The molecule has 0 bridgehead atoms. The quantitative estimate of drug-likeness (QED) is 0.804. The predicted molar refractivity (Wildman–Crippen MR) is 89.1 cm³/mol. The summed E-state index contributed by atoms with van der Waals surface area (Å²) in [5.41, 5.74) is 0. The van der Waals surface area contributed by atoms with Crippen LogP contribution in [0.4, 0.5) is 0 Å². The third-order valence-electron chi connectivity index (χ3n) is 4.38. The lowest BCUT2D eigenvalue weighted by Gasteiger charge is -2.39. The van der Waals surface area contributed by atoms with E-state index < -0.39 is 0 Å². The van der Waals surface area contributed by atoms with Crippen molar-refractivity contribution in [2.75, 3.05) is 5.75 Å². The normalized spacial score (nSPS) is 21.6. The number of hydrogen-bond donors (Lipinski definition) is 0. The number of thioether (sulfide) groups is 1. The molecule has 2 aromatic heterocycles. The highest BCUT2D eigenvalue weighted by molar-refractivity contribution is 7.99. The summed E-state index contributed by atoms with van der Waals surface area (Å²) in [7, 11) is 1.89. The Morgan fingerprint density at radius 1 is 1.35 bits per heavy atom. The van der Waals surface area contributed by atoms with E-state index in [-0.39, 0.29) is 5.91 Å². The molecule has 0 aliphatic carbocycles. The van der Waals surface area contributed by atoms with E-state index in [1.807, 2.05) is 28.6 Å². The number of carbonyl (C=O) groups excluding carboxylic acids is 1. The van der Waals surface area contributed by atoms with Crippen molar-refractivity contribution in [3.8, 4) is 11.6 Å². The molecule has 2 atom stereocenters. The first-order chi connectivity index (χ1) is 11.1. The average molecular weight is 334 g/mol. The van der Waals surface area contributed by atoms with Gasteiger partial charge in [-0.05, 0) is 45.2 Å². The molecule has 0 N–H and O–H groups in total. The van der Waals surface area contributed by atoms with Crippen LogP contribution in [0.5, 0.6) is 0 Å². The summed E-state index contributed by atoms with van der Waals surface area (Å²) in [6, 6.07) is 4.32. The smallest absolute Gasteiger partial charge is 0.233 e. The van der Waals surface area contributed by atoms with Crippen LogP contribution in [0.2, 0.25) is 0 Å². The fourth-order valence-corrected chi connectivity index (χ4v) is 3.95. The molecule has 1 saturated heterocycles. The summed E-state index contributed by atoms with van der Waals surface area (Å²) in [5.74, 6) is 1.91. The van der Waals surface area contributed by atoms with Crippen molar-refractivity contribution in [3.05, 3.63) is 18.4 Å². The standard InChI is InChI=1S/C16H22N4O2S/c1-11-6-4-7-12(2)20(11)14(21)10-23-16-18-17-15(19(16)3)13-8-5-9-22-13/h5,8-9,11-12H,4,6-7,10H2,1-3H3/t11-,12-/m1/s1. The molecule has 0 unspecified atom stereocenters. The molecule has 0 aromatic carbocycles. The van der Waals surface area contributed by atoms with Gasteiger partial charge in [-0.25, -0.2) is 0 Å². The Kier molecular flexibility index (Phi) is 4.75. The van der Waals surface area contributed by atoms with Gasteiger partial charge >= 0.3 is 0 Å². The summed E-state index contributed by atoms with van der Waals surface area (Å²) < 4.78 is 7.22. The molecule has 3 rings (SSSR count). The Hall–Kier alpha value is -1.76. The highest BCUT2D eigenvalue weighted by Gasteiger charge is 2.29. The van der Waals surface area contributed by atoms with Gasteiger partial charge in [0.15, 0.2) is 16.7 Å². The maximum absolute atomic E-state index is 12.6. The van der Waals surface area contributed by atoms with Crippen LogP contribution in [-0.4, -0.2) is 43.4 Å². The number of nitrogens with zero attached hydrogens (tertiary/aromatic N) is 4. The van der Waals surface area contributed by atoms with E-state index >= 15 is 0 Å². The molecule has 23 heavy (non-hydrogen) atoms. The molecule has 0 saturated carbocycles. The minimum Gasteiger partial charge on any atom is -0.461 e. The minimum atomic E-state index is 0.178. The Morgan fingerprint density at radius 2 is 2.09 bits per heavy atom. The Balaban J connectivity index is 1.65. The zero-order valence-electron chi connectivity index (χ0n) is 13.7. The number of carbonyl (C=O) groups is 1. The van der Waals surface area contributed by atoms with Crippen molar-refractivity contribution in [2.24, 2.45) is 7.05 Å². The molecule has 7 heteroatoms. The van der Waals surface area contributed by atoms with Gasteiger partial charge in [0.2, 0.25) is 5.91 Å². The summed E-state index contributed by atoms with van der Waals surface area (Å²) in [5, 5.41) is 9.05. The first kappa shape index (κ1) is 16.1. The molecular weight excluding hydrogens is 312 g/mol. The lowest BCUT2D eigenvalue weighted by molar-refractivity contribution is -0.134. The van der Waals surface area contributed by atoms with Crippen LogP contribution < -0.4 is 0 Å². The SMILES string of the molecule is C[C@@H]1CCC[C@@H](C)N1C(=O)CSc1nnc(-c2ccco2)n1C. The van der Waals surface area contributed by atoms with Gasteiger partial charge in [-0.3, -0.25) is 4.79 Å². The number of aromatic nitrogens is 3. The Bertz CT molecular complexity index is 658. The zero-order valence-corrected chi connectivity index (χ0v) is 14.5. The predicted octanol–water partition coefficient (Wildman–Crippen LogP) is 2.96. The monoisotopic (exact) mass is 334 g/mol. The third kappa shape index (κ3) is 3.29. The molecule has 1 amide bonds. The fourth-order valence-electron chi connectivity index (χ4n) is 3.17. The third-order valence-corrected chi connectivity index (χ3v) is 5.39. The molecule has 0 radical (unpaired) electrons. The van der Waals surface area contributed by atoms with Gasteiger partial charge in [-0.2, -0.15) is 0 Å². The molecule has 1 fully saturated rings. The van der Waals surface area contributed by atoms with Crippen molar-refractivity contribution >= 4 is 17.7 Å². The minimum absolute atomic E-state index is 0.178. The van der Waals surface area contributed by atoms with E-state index in [4.69, 9.17) is 4.42 Å². The first-order valence-electron chi connectivity index (χ1n) is 7.95. The molecular formula is C16H22N4O2S. The van der Waals surface area contributed by atoms with Crippen molar-refractivity contribution < 1.29 is 9.21 Å². The highest BCUT2D eigenvalue weighted by Crippen LogP contribution is 2.26. The van der Waals surface area contributed by atoms with Crippen LogP contribution in [-0.2, 0) is 11.8 Å². The lowest BCUT2D eigenvalue weighted by Crippen LogP contribution is -2.48. The van der Waals surface area contributed by atoms with E-state index in [0.29, 0.717) is 29.4 Å². The fraction of sp³-hybridized carbons (Fsp3) is 0.562. The van der Waals surface area contributed by atoms with Gasteiger partial charge in [-0.1, -0.05) is 11.8 Å². The molecule has 3 heterocycles. The maximum Gasteiger partial charge on any atom is 0.233 e. The molecule has 2 aromatic rings. The summed E-state index contributed by atoms with van der Waals surface area (Å²) in [4.78, 5) is 14.6. The summed E-state index contributed by atoms with van der Waals surface area (Å²) in [6.07, 6.45) is 5.00. The van der Waals surface area contributed by atoms with E-state index in [1.54, 1.807) is 6.26 Å². The highest BCUT2D eigenvalue weighted by atomic mass is 32.2. The van der Waals surface area contributed by atoms with E-state index in [1.165, 1.54) is 18.2 Å². The first-order valence-corrected chi connectivity index (χ1v) is 8.93. The van der Waals surface area contributed by atoms with Crippen molar-refractivity contribution in [1.29, 1.82) is 0 Å². The van der Waals surface area contributed by atoms with Crippen LogP contribution in [0, 0.1) is 0 Å². The largest absolute Gasteiger partial charge is 0.461 e. The average Bonchev–Trinajstić information content (AvgIpc) is 3.14. The van der Waals surface area contributed by atoms with Crippen LogP contribution in [0.15, 0.2) is 28.0 Å². The number of piperidine rings is 1. The van der Waals surface area contributed by atoms with Gasteiger partial charge in [0.1, 0.15) is 0 Å². The zero-order chi connectivity index (χ0) is 16.4. The number of furan rings is 1. The lowest BCUT2D eigenvalue weighted by atomic mass is 9.98. The Labute approximate surface area is 140 Å². The van der Waals surface area contributed by atoms with Crippen LogP contribution in [0.25, 0.3) is 11.6 Å². The maximum atomic E-state index is 12.6. The van der Waals surface area contributed by atoms with E-state index in [9.17, 15) is 4.79 Å². The van der Waals surface area contributed by atoms with E-state index in [2.05, 4.69) is 24.0 Å². The molecule has 1 aliphatic heterocycles. The molecule has 6 nitrogen and oxygen atoms in total. The number of rotatable bonds is 4. The van der Waals surface area contributed by atoms with Gasteiger partial charge in [0, 0.05) is 19.1 Å². The van der Waals surface area contributed by atoms with Crippen molar-refractivity contribution in [1.82, 2.24) is 19.7 Å². The summed E-state index contributed by atoms with van der Waals surface area (Å²) in [6.45, 7) is 4.27. The number of amides is 1.